The van der Waals surface area contributed by atoms with Crippen LogP contribution in [0.15, 0.2) is 0 Å². The minimum Gasteiger partial charge on any atom is -0.481 e. The van der Waals surface area contributed by atoms with Crippen LogP contribution in [0.1, 0.15) is 26.7 Å². The van der Waals surface area contributed by atoms with Gasteiger partial charge in [-0.1, -0.05) is 0 Å². The second-order valence-corrected chi connectivity index (χ2v) is 5.73. The molecule has 0 aromatic heterocycles. The summed E-state index contributed by atoms with van der Waals surface area (Å²) < 4.78 is 0. The van der Waals surface area contributed by atoms with Crippen molar-refractivity contribution in [2.24, 2.45) is 17.1 Å². The summed E-state index contributed by atoms with van der Waals surface area (Å²) in [4.78, 5) is 11.0. The zero-order valence-electron chi connectivity index (χ0n) is 8.82. The number of rotatable bonds is 3. The Labute approximate surface area is 89.4 Å². The molecule has 1 unspecified atom stereocenters. The molecule has 1 aliphatic rings. The summed E-state index contributed by atoms with van der Waals surface area (Å²) in [6.45, 7) is 3.45. The van der Waals surface area contributed by atoms with Crippen molar-refractivity contribution in [2.45, 2.75) is 32.7 Å². The molecule has 1 heterocycles. The first-order chi connectivity index (χ1) is 6.46. The zero-order chi connectivity index (χ0) is 10.8. The van der Waals surface area contributed by atoms with E-state index in [1.807, 2.05) is 11.8 Å². The van der Waals surface area contributed by atoms with E-state index in [9.17, 15) is 4.79 Å². The summed E-state index contributed by atoms with van der Waals surface area (Å²) in [5.74, 6) is 1.83. The van der Waals surface area contributed by atoms with Gasteiger partial charge in [0.1, 0.15) is 0 Å². The number of hydrogen-bond donors (Lipinski definition) is 2. The lowest BCUT2D eigenvalue weighted by atomic mass is 9.76. The van der Waals surface area contributed by atoms with Gasteiger partial charge in [0.2, 0.25) is 0 Å². The first-order valence-electron chi connectivity index (χ1n) is 5.03. The molecule has 0 amide bonds. The lowest BCUT2D eigenvalue weighted by Crippen LogP contribution is -2.48. The van der Waals surface area contributed by atoms with Crippen LogP contribution in [0, 0.1) is 11.3 Å². The number of thioether (sulfide) groups is 1. The first kappa shape index (κ1) is 11.9. The molecule has 0 aromatic rings. The van der Waals surface area contributed by atoms with Gasteiger partial charge in [-0.15, -0.1) is 0 Å². The Hall–Kier alpha value is -0.220. The standard InChI is InChI=1S/C10H19NO2S/c1-10(2,9(12)13)8(11)7-3-5-14-6-4-7/h7-8H,3-6,11H2,1-2H3,(H,12,13). The first-order valence-corrected chi connectivity index (χ1v) is 6.18. The molecular formula is C10H19NO2S. The molecule has 1 aliphatic heterocycles. The van der Waals surface area contributed by atoms with Gasteiger partial charge < -0.3 is 10.8 Å². The van der Waals surface area contributed by atoms with E-state index in [-0.39, 0.29) is 6.04 Å². The summed E-state index contributed by atoms with van der Waals surface area (Å²) in [5.41, 5.74) is 5.24. The lowest BCUT2D eigenvalue weighted by Gasteiger charge is -2.35. The highest BCUT2D eigenvalue weighted by Crippen LogP contribution is 2.32. The SMILES string of the molecule is CC(C)(C(=O)O)C(N)C1CCSCC1. The average molecular weight is 217 g/mol. The molecule has 3 N–H and O–H groups in total. The van der Waals surface area contributed by atoms with Crippen molar-refractivity contribution < 1.29 is 9.90 Å². The van der Waals surface area contributed by atoms with E-state index in [2.05, 4.69) is 0 Å². The number of aliphatic carboxylic acids is 1. The predicted octanol–water partition coefficient (Wildman–Crippen LogP) is 1.57. The summed E-state index contributed by atoms with van der Waals surface area (Å²) in [6.07, 6.45) is 2.12. The van der Waals surface area contributed by atoms with Crippen LogP contribution in [0.25, 0.3) is 0 Å². The molecule has 0 radical (unpaired) electrons. The van der Waals surface area contributed by atoms with Crippen LogP contribution in [0.4, 0.5) is 0 Å². The number of carbonyl (C=O) groups is 1. The van der Waals surface area contributed by atoms with E-state index in [4.69, 9.17) is 10.8 Å². The quantitative estimate of drug-likeness (QED) is 0.753. The summed E-state index contributed by atoms with van der Waals surface area (Å²) >= 11 is 1.93. The fourth-order valence-corrected chi connectivity index (χ4v) is 2.95. The van der Waals surface area contributed by atoms with E-state index in [1.165, 1.54) is 0 Å². The number of nitrogens with two attached hydrogens (primary N) is 1. The number of carboxylic acid groups (broad SMARTS) is 1. The molecule has 0 bridgehead atoms. The molecule has 4 heteroatoms. The van der Waals surface area contributed by atoms with Crippen molar-refractivity contribution in [3.63, 3.8) is 0 Å². The van der Waals surface area contributed by atoms with Crippen molar-refractivity contribution in [2.75, 3.05) is 11.5 Å². The van der Waals surface area contributed by atoms with Gasteiger partial charge in [-0.2, -0.15) is 11.8 Å². The molecule has 0 aliphatic carbocycles. The molecular weight excluding hydrogens is 198 g/mol. The van der Waals surface area contributed by atoms with Crippen LogP contribution in [0.5, 0.6) is 0 Å². The van der Waals surface area contributed by atoms with E-state index < -0.39 is 11.4 Å². The van der Waals surface area contributed by atoms with Crippen molar-refractivity contribution in [1.82, 2.24) is 0 Å². The minimum atomic E-state index is -0.799. The highest BCUT2D eigenvalue weighted by atomic mass is 32.2. The third kappa shape index (κ3) is 2.42. The van der Waals surface area contributed by atoms with Gasteiger partial charge in [0.05, 0.1) is 5.41 Å². The summed E-state index contributed by atoms with van der Waals surface area (Å²) in [6, 6.07) is -0.221. The Morgan fingerprint density at radius 2 is 2.00 bits per heavy atom. The maximum Gasteiger partial charge on any atom is 0.310 e. The molecule has 0 aromatic carbocycles. The Morgan fingerprint density at radius 3 is 2.43 bits per heavy atom. The molecule has 82 valence electrons. The van der Waals surface area contributed by atoms with Gasteiger partial charge in [0.15, 0.2) is 0 Å². The fraction of sp³-hybridized carbons (Fsp3) is 0.900. The third-order valence-electron chi connectivity index (χ3n) is 3.16. The Bertz CT molecular complexity index is 212. The third-order valence-corrected chi connectivity index (χ3v) is 4.21. The van der Waals surface area contributed by atoms with Crippen LogP contribution >= 0.6 is 11.8 Å². The van der Waals surface area contributed by atoms with Gasteiger partial charge in [-0.3, -0.25) is 4.79 Å². The maximum atomic E-state index is 11.0. The second-order valence-electron chi connectivity index (χ2n) is 4.50. The van der Waals surface area contributed by atoms with Crippen molar-refractivity contribution in [1.29, 1.82) is 0 Å². The molecule has 1 saturated heterocycles. The predicted molar refractivity (Wildman–Crippen MR) is 59.4 cm³/mol. The highest BCUT2D eigenvalue weighted by Gasteiger charge is 2.39. The van der Waals surface area contributed by atoms with Crippen molar-refractivity contribution in [3.05, 3.63) is 0 Å². The smallest absolute Gasteiger partial charge is 0.310 e. The van der Waals surface area contributed by atoms with Gasteiger partial charge in [0, 0.05) is 6.04 Å². The highest BCUT2D eigenvalue weighted by molar-refractivity contribution is 7.99. The Kier molecular flexibility index (Phi) is 3.84. The zero-order valence-corrected chi connectivity index (χ0v) is 9.64. The van der Waals surface area contributed by atoms with Crippen LogP contribution < -0.4 is 5.73 Å². The van der Waals surface area contributed by atoms with Crippen LogP contribution in [0.2, 0.25) is 0 Å². The van der Waals surface area contributed by atoms with Gasteiger partial charge in [-0.25, -0.2) is 0 Å². The van der Waals surface area contributed by atoms with E-state index >= 15 is 0 Å². The minimum absolute atomic E-state index is 0.221. The van der Waals surface area contributed by atoms with Gasteiger partial charge in [0.25, 0.3) is 0 Å². The number of carboxylic acids is 1. The monoisotopic (exact) mass is 217 g/mol. The number of hydrogen-bond acceptors (Lipinski definition) is 3. The molecule has 1 fully saturated rings. The Morgan fingerprint density at radius 1 is 1.50 bits per heavy atom. The summed E-state index contributed by atoms with van der Waals surface area (Å²) in [5, 5.41) is 9.06. The Balaban J connectivity index is 2.62. The van der Waals surface area contributed by atoms with Gasteiger partial charge in [-0.05, 0) is 44.1 Å². The topological polar surface area (TPSA) is 63.3 Å². The molecule has 0 saturated carbocycles. The van der Waals surface area contributed by atoms with Crippen LogP contribution in [0.3, 0.4) is 0 Å². The molecule has 1 atom stereocenters. The summed E-state index contributed by atoms with van der Waals surface area (Å²) in [7, 11) is 0. The maximum absolute atomic E-state index is 11.0. The largest absolute Gasteiger partial charge is 0.481 e. The molecule has 0 spiro atoms. The molecule has 1 rings (SSSR count). The van der Waals surface area contributed by atoms with E-state index in [1.54, 1.807) is 13.8 Å². The average Bonchev–Trinajstić information content (AvgIpc) is 2.17. The van der Waals surface area contributed by atoms with Crippen LogP contribution in [-0.4, -0.2) is 28.6 Å². The van der Waals surface area contributed by atoms with Gasteiger partial charge >= 0.3 is 5.97 Å². The fourth-order valence-electron chi connectivity index (χ4n) is 1.81. The lowest BCUT2D eigenvalue weighted by molar-refractivity contribution is -0.148. The second kappa shape index (κ2) is 4.53. The van der Waals surface area contributed by atoms with E-state index in [0.29, 0.717) is 5.92 Å². The van der Waals surface area contributed by atoms with Crippen molar-refractivity contribution in [3.8, 4) is 0 Å². The molecule has 3 nitrogen and oxygen atoms in total. The van der Waals surface area contributed by atoms with Crippen LogP contribution in [-0.2, 0) is 4.79 Å². The molecule has 14 heavy (non-hydrogen) atoms. The van der Waals surface area contributed by atoms with E-state index in [0.717, 1.165) is 24.3 Å². The normalized spacial score (nSPS) is 21.9. The van der Waals surface area contributed by atoms with Crippen molar-refractivity contribution >= 4 is 17.7 Å².